The highest BCUT2D eigenvalue weighted by Gasteiger charge is 2.39. The van der Waals surface area contributed by atoms with E-state index in [2.05, 4.69) is 22.5 Å². The highest BCUT2D eigenvalue weighted by atomic mass is 32.1. The van der Waals surface area contributed by atoms with Crippen molar-refractivity contribution < 1.29 is 4.79 Å². The van der Waals surface area contributed by atoms with Crippen LogP contribution in [0.1, 0.15) is 36.9 Å². The van der Waals surface area contributed by atoms with E-state index in [1.165, 1.54) is 0 Å². The fourth-order valence-electron chi connectivity index (χ4n) is 2.57. The van der Waals surface area contributed by atoms with E-state index in [4.69, 9.17) is 0 Å². The van der Waals surface area contributed by atoms with Crippen LogP contribution in [0.25, 0.3) is 0 Å². The normalized spacial score (nSPS) is 23.2. The molecule has 1 aliphatic heterocycles. The van der Waals surface area contributed by atoms with Crippen molar-refractivity contribution in [2.75, 3.05) is 13.1 Å². The number of hydrogen-bond donors (Lipinski definition) is 2. The summed E-state index contributed by atoms with van der Waals surface area (Å²) >= 11 is 1.60. The third kappa shape index (κ3) is 2.90. The molecule has 2 heterocycles. The summed E-state index contributed by atoms with van der Waals surface area (Å²) in [6.45, 7) is 6.43. The zero-order valence-corrected chi connectivity index (χ0v) is 11.9. The van der Waals surface area contributed by atoms with Gasteiger partial charge in [0.25, 0.3) is 0 Å². The Morgan fingerprint density at radius 2 is 2.50 bits per heavy atom. The smallest absolute Gasteiger partial charge is 0.227 e. The van der Waals surface area contributed by atoms with Crippen LogP contribution in [-0.4, -0.2) is 24.0 Å². The number of rotatable bonds is 5. The Morgan fingerprint density at radius 3 is 3.06 bits per heavy atom. The van der Waals surface area contributed by atoms with Crippen molar-refractivity contribution >= 4 is 17.2 Å². The zero-order chi connectivity index (χ0) is 13.0. The molecule has 0 radical (unpaired) electrons. The van der Waals surface area contributed by atoms with E-state index in [1.54, 1.807) is 11.3 Å². The molecule has 1 aromatic heterocycles. The van der Waals surface area contributed by atoms with E-state index >= 15 is 0 Å². The lowest BCUT2D eigenvalue weighted by molar-refractivity contribution is -0.130. The quantitative estimate of drug-likeness (QED) is 0.856. The third-order valence-electron chi connectivity index (χ3n) is 3.52. The molecule has 100 valence electrons. The zero-order valence-electron chi connectivity index (χ0n) is 11.1. The molecule has 1 fully saturated rings. The number of thiazole rings is 1. The molecule has 4 nitrogen and oxygen atoms in total. The second kappa shape index (κ2) is 5.80. The van der Waals surface area contributed by atoms with Gasteiger partial charge in [-0.15, -0.1) is 11.3 Å². The number of hydrogen-bond acceptors (Lipinski definition) is 4. The van der Waals surface area contributed by atoms with E-state index < -0.39 is 0 Å². The SMILES string of the molecule is CCCC1(C(=O)NCc2nc(C)cs2)CCNC1. The van der Waals surface area contributed by atoms with Crippen LogP contribution in [0.15, 0.2) is 5.38 Å². The summed E-state index contributed by atoms with van der Waals surface area (Å²) in [6.07, 6.45) is 2.96. The highest BCUT2D eigenvalue weighted by molar-refractivity contribution is 7.09. The summed E-state index contributed by atoms with van der Waals surface area (Å²) in [4.78, 5) is 16.7. The summed E-state index contributed by atoms with van der Waals surface area (Å²) < 4.78 is 0. The number of aromatic nitrogens is 1. The molecule has 2 N–H and O–H groups in total. The van der Waals surface area contributed by atoms with Gasteiger partial charge in [0.05, 0.1) is 12.0 Å². The van der Waals surface area contributed by atoms with Crippen LogP contribution < -0.4 is 10.6 Å². The third-order valence-corrected chi connectivity index (χ3v) is 4.49. The number of amides is 1. The van der Waals surface area contributed by atoms with Crippen LogP contribution in [0.4, 0.5) is 0 Å². The Bertz CT molecular complexity index is 410. The molecule has 1 unspecified atom stereocenters. The standard InChI is InChI=1S/C13H21N3OS/c1-3-4-13(5-6-14-9-13)12(17)15-7-11-16-10(2)8-18-11/h8,14H,3-7,9H2,1-2H3,(H,15,17). The van der Waals surface area contributed by atoms with Crippen molar-refractivity contribution in [3.05, 3.63) is 16.1 Å². The average Bonchev–Trinajstić information content (AvgIpc) is 2.97. The van der Waals surface area contributed by atoms with Crippen molar-refractivity contribution in [2.24, 2.45) is 5.41 Å². The fraction of sp³-hybridized carbons (Fsp3) is 0.692. The summed E-state index contributed by atoms with van der Waals surface area (Å²) in [5.41, 5.74) is 0.830. The van der Waals surface area contributed by atoms with Gasteiger partial charge in [0.1, 0.15) is 5.01 Å². The van der Waals surface area contributed by atoms with E-state index in [-0.39, 0.29) is 11.3 Å². The van der Waals surface area contributed by atoms with Gasteiger partial charge in [-0.05, 0) is 26.3 Å². The molecule has 0 bridgehead atoms. The lowest BCUT2D eigenvalue weighted by Gasteiger charge is -2.26. The Labute approximate surface area is 112 Å². The van der Waals surface area contributed by atoms with E-state index in [9.17, 15) is 4.79 Å². The monoisotopic (exact) mass is 267 g/mol. The molecular weight excluding hydrogens is 246 g/mol. The lowest BCUT2D eigenvalue weighted by Crippen LogP contribution is -2.42. The minimum absolute atomic E-state index is 0.183. The highest BCUT2D eigenvalue weighted by Crippen LogP contribution is 2.31. The molecule has 1 atom stereocenters. The van der Waals surface area contributed by atoms with Crippen LogP contribution in [0.5, 0.6) is 0 Å². The molecule has 1 aromatic rings. The Balaban J connectivity index is 1.93. The maximum atomic E-state index is 12.4. The van der Waals surface area contributed by atoms with Gasteiger partial charge in [-0.2, -0.15) is 0 Å². The maximum Gasteiger partial charge on any atom is 0.227 e. The minimum atomic E-state index is -0.193. The second-order valence-electron chi connectivity index (χ2n) is 5.02. The topological polar surface area (TPSA) is 54.0 Å². The van der Waals surface area contributed by atoms with E-state index in [0.29, 0.717) is 6.54 Å². The molecule has 5 heteroatoms. The van der Waals surface area contributed by atoms with Gasteiger partial charge in [0.2, 0.25) is 5.91 Å². The summed E-state index contributed by atoms with van der Waals surface area (Å²) in [5.74, 6) is 0.183. The van der Waals surface area contributed by atoms with Gasteiger partial charge in [0, 0.05) is 17.6 Å². The number of carbonyl (C=O) groups excluding carboxylic acids is 1. The summed E-state index contributed by atoms with van der Waals surface area (Å²) in [7, 11) is 0. The number of nitrogens with zero attached hydrogens (tertiary/aromatic N) is 1. The Morgan fingerprint density at radius 1 is 1.67 bits per heavy atom. The predicted molar refractivity (Wildman–Crippen MR) is 73.5 cm³/mol. The molecular formula is C13H21N3OS. The van der Waals surface area contributed by atoms with Gasteiger partial charge in [-0.25, -0.2) is 4.98 Å². The fourth-order valence-corrected chi connectivity index (χ4v) is 3.28. The molecule has 0 spiro atoms. The first-order chi connectivity index (χ1) is 8.66. The first-order valence-corrected chi connectivity index (χ1v) is 7.44. The molecule has 0 aliphatic carbocycles. The van der Waals surface area contributed by atoms with Crippen molar-refractivity contribution in [1.29, 1.82) is 0 Å². The van der Waals surface area contributed by atoms with Crippen molar-refractivity contribution in [2.45, 2.75) is 39.7 Å². The minimum Gasteiger partial charge on any atom is -0.349 e. The largest absolute Gasteiger partial charge is 0.349 e. The van der Waals surface area contributed by atoms with E-state index in [0.717, 1.165) is 43.1 Å². The lowest BCUT2D eigenvalue weighted by atomic mass is 9.81. The predicted octanol–water partition coefficient (Wildman–Crippen LogP) is 1.85. The number of nitrogens with one attached hydrogen (secondary N) is 2. The molecule has 18 heavy (non-hydrogen) atoms. The van der Waals surface area contributed by atoms with Crippen LogP contribution >= 0.6 is 11.3 Å². The molecule has 1 saturated heterocycles. The molecule has 1 aliphatic rings. The summed E-state index contributed by atoms with van der Waals surface area (Å²) in [6, 6.07) is 0. The number of carbonyl (C=O) groups is 1. The summed E-state index contributed by atoms with van der Waals surface area (Å²) in [5, 5.41) is 9.36. The van der Waals surface area contributed by atoms with Crippen LogP contribution in [0.3, 0.4) is 0 Å². The molecule has 1 amide bonds. The van der Waals surface area contributed by atoms with Gasteiger partial charge in [0.15, 0.2) is 0 Å². The first-order valence-electron chi connectivity index (χ1n) is 6.56. The van der Waals surface area contributed by atoms with Gasteiger partial charge >= 0.3 is 0 Å². The van der Waals surface area contributed by atoms with Crippen molar-refractivity contribution in [1.82, 2.24) is 15.6 Å². The first kappa shape index (κ1) is 13.5. The van der Waals surface area contributed by atoms with Crippen LogP contribution in [0, 0.1) is 12.3 Å². The molecule has 2 rings (SSSR count). The van der Waals surface area contributed by atoms with Crippen molar-refractivity contribution in [3.8, 4) is 0 Å². The average molecular weight is 267 g/mol. The molecule has 0 aromatic carbocycles. The Kier molecular flexibility index (Phi) is 4.35. The number of aryl methyl sites for hydroxylation is 1. The Hall–Kier alpha value is -0.940. The maximum absolute atomic E-state index is 12.4. The second-order valence-corrected chi connectivity index (χ2v) is 5.97. The van der Waals surface area contributed by atoms with Crippen LogP contribution in [-0.2, 0) is 11.3 Å². The van der Waals surface area contributed by atoms with E-state index in [1.807, 2.05) is 12.3 Å². The molecule has 0 saturated carbocycles. The van der Waals surface area contributed by atoms with Gasteiger partial charge < -0.3 is 10.6 Å². The van der Waals surface area contributed by atoms with Gasteiger partial charge in [-0.1, -0.05) is 13.3 Å². The van der Waals surface area contributed by atoms with Crippen molar-refractivity contribution in [3.63, 3.8) is 0 Å². The van der Waals surface area contributed by atoms with Crippen LogP contribution in [0.2, 0.25) is 0 Å². The van der Waals surface area contributed by atoms with Gasteiger partial charge in [-0.3, -0.25) is 4.79 Å².